The zero-order valence-corrected chi connectivity index (χ0v) is 6.79. The van der Waals surface area contributed by atoms with Crippen LogP contribution < -0.4 is 5.32 Å². The molecule has 1 saturated carbocycles. The van der Waals surface area contributed by atoms with Gasteiger partial charge in [0.1, 0.15) is 6.04 Å². The number of carboxylic acid groups (broad SMARTS) is 1. The largest absolute Gasteiger partial charge is 0.480 e. The lowest BCUT2D eigenvalue weighted by Crippen LogP contribution is -2.37. The lowest BCUT2D eigenvalue weighted by molar-refractivity contribution is -0.139. The van der Waals surface area contributed by atoms with E-state index in [4.69, 9.17) is 5.11 Å². The standard InChI is InChI=1S/C8H13NO2/c1-8(2)4-3-9-6(5(4)8)7(10)11/h4-6,9H,3H2,1-2H3,(H,10,11). The summed E-state index contributed by atoms with van der Waals surface area (Å²) in [5.41, 5.74) is 0.272. The van der Waals surface area contributed by atoms with E-state index in [-0.39, 0.29) is 11.5 Å². The second kappa shape index (κ2) is 1.78. The van der Waals surface area contributed by atoms with Gasteiger partial charge in [-0.1, -0.05) is 13.8 Å². The van der Waals surface area contributed by atoms with Crippen LogP contribution in [0.25, 0.3) is 0 Å². The second-order valence-electron chi connectivity index (χ2n) is 4.18. The van der Waals surface area contributed by atoms with E-state index in [2.05, 4.69) is 19.2 Å². The van der Waals surface area contributed by atoms with Gasteiger partial charge in [-0.3, -0.25) is 4.79 Å². The lowest BCUT2D eigenvalue weighted by atomic mass is 10.0. The fourth-order valence-corrected chi connectivity index (χ4v) is 2.46. The molecular formula is C8H13NO2. The van der Waals surface area contributed by atoms with Crippen molar-refractivity contribution in [1.82, 2.24) is 5.32 Å². The molecule has 0 aromatic heterocycles. The van der Waals surface area contributed by atoms with E-state index in [1.165, 1.54) is 0 Å². The zero-order valence-electron chi connectivity index (χ0n) is 6.79. The normalized spacial score (nSPS) is 45.1. The van der Waals surface area contributed by atoms with Crippen molar-refractivity contribution in [3.63, 3.8) is 0 Å². The number of carboxylic acids is 1. The predicted octanol–water partition coefficient (Wildman–Crippen LogP) is 0.315. The molecule has 2 fully saturated rings. The maximum Gasteiger partial charge on any atom is 0.321 e. The molecule has 0 bridgehead atoms. The van der Waals surface area contributed by atoms with E-state index < -0.39 is 5.97 Å². The lowest BCUT2D eigenvalue weighted by Gasteiger charge is -2.14. The number of carbonyl (C=O) groups is 1. The van der Waals surface area contributed by atoms with Crippen LogP contribution in [0.1, 0.15) is 13.8 Å². The molecule has 0 spiro atoms. The Balaban J connectivity index is 2.13. The third-order valence-corrected chi connectivity index (χ3v) is 3.32. The van der Waals surface area contributed by atoms with E-state index in [1.54, 1.807) is 0 Å². The Morgan fingerprint density at radius 1 is 1.64 bits per heavy atom. The van der Waals surface area contributed by atoms with Crippen molar-refractivity contribution in [2.75, 3.05) is 6.54 Å². The van der Waals surface area contributed by atoms with E-state index in [9.17, 15) is 4.79 Å². The van der Waals surface area contributed by atoms with Crippen LogP contribution >= 0.6 is 0 Å². The Morgan fingerprint density at radius 2 is 2.27 bits per heavy atom. The Kier molecular flexibility index (Phi) is 1.15. The van der Waals surface area contributed by atoms with Crippen molar-refractivity contribution in [2.24, 2.45) is 17.3 Å². The molecule has 3 atom stereocenters. The molecule has 2 aliphatic rings. The third-order valence-electron chi connectivity index (χ3n) is 3.32. The van der Waals surface area contributed by atoms with Gasteiger partial charge in [0.05, 0.1) is 0 Å². The van der Waals surface area contributed by atoms with Gasteiger partial charge in [0, 0.05) is 0 Å². The first-order chi connectivity index (χ1) is 5.05. The van der Waals surface area contributed by atoms with E-state index in [0.717, 1.165) is 6.54 Å². The number of nitrogens with one attached hydrogen (secondary N) is 1. The van der Waals surface area contributed by atoms with Gasteiger partial charge in [0.2, 0.25) is 0 Å². The van der Waals surface area contributed by atoms with E-state index in [1.807, 2.05) is 0 Å². The monoisotopic (exact) mass is 155 g/mol. The van der Waals surface area contributed by atoms with Crippen molar-refractivity contribution in [2.45, 2.75) is 19.9 Å². The molecule has 3 heteroatoms. The topological polar surface area (TPSA) is 49.3 Å². The van der Waals surface area contributed by atoms with Crippen LogP contribution in [-0.2, 0) is 4.79 Å². The van der Waals surface area contributed by atoms with Crippen LogP contribution in [0.4, 0.5) is 0 Å². The van der Waals surface area contributed by atoms with E-state index in [0.29, 0.717) is 11.8 Å². The van der Waals surface area contributed by atoms with Crippen LogP contribution in [0.3, 0.4) is 0 Å². The first-order valence-electron chi connectivity index (χ1n) is 4.01. The average molecular weight is 155 g/mol. The Hall–Kier alpha value is -0.570. The minimum Gasteiger partial charge on any atom is -0.480 e. The Morgan fingerprint density at radius 3 is 2.55 bits per heavy atom. The fourth-order valence-electron chi connectivity index (χ4n) is 2.46. The highest BCUT2D eigenvalue weighted by Crippen LogP contribution is 2.62. The fraction of sp³-hybridized carbons (Fsp3) is 0.875. The van der Waals surface area contributed by atoms with Gasteiger partial charge in [-0.15, -0.1) is 0 Å². The zero-order chi connectivity index (χ0) is 8.22. The molecule has 2 rings (SSSR count). The highest BCUT2D eigenvalue weighted by molar-refractivity contribution is 5.75. The molecule has 1 aliphatic heterocycles. The molecule has 0 aromatic rings. The van der Waals surface area contributed by atoms with Gasteiger partial charge < -0.3 is 10.4 Å². The minimum atomic E-state index is -0.692. The van der Waals surface area contributed by atoms with Crippen molar-refractivity contribution >= 4 is 5.97 Å². The number of aliphatic carboxylic acids is 1. The highest BCUT2D eigenvalue weighted by Gasteiger charge is 2.65. The molecule has 3 nitrogen and oxygen atoms in total. The molecule has 0 aromatic carbocycles. The summed E-state index contributed by atoms with van der Waals surface area (Å²) >= 11 is 0. The van der Waals surface area contributed by atoms with E-state index >= 15 is 0 Å². The highest BCUT2D eigenvalue weighted by atomic mass is 16.4. The van der Waals surface area contributed by atoms with Crippen molar-refractivity contribution in [3.05, 3.63) is 0 Å². The Labute approximate surface area is 65.8 Å². The summed E-state index contributed by atoms with van der Waals surface area (Å²) in [6, 6.07) is -0.282. The number of hydrogen-bond acceptors (Lipinski definition) is 2. The average Bonchev–Trinajstić information content (AvgIpc) is 2.34. The van der Waals surface area contributed by atoms with Gasteiger partial charge in [-0.25, -0.2) is 0 Å². The summed E-state index contributed by atoms with van der Waals surface area (Å²) < 4.78 is 0. The van der Waals surface area contributed by atoms with Crippen molar-refractivity contribution in [3.8, 4) is 0 Å². The second-order valence-corrected chi connectivity index (χ2v) is 4.18. The minimum absolute atomic E-state index is 0.272. The smallest absolute Gasteiger partial charge is 0.321 e. The summed E-state index contributed by atoms with van der Waals surface area (Å²) in [4.78, 5) is 10.7. The summed E-state index contributed by atoms with van der Waals surface area (Å²) in [7, 11) is 0. The number of rotatable bonds is 1. The van der Waals surface area contributed by atoms with Crippen molar-refractivity contribution in [1.29, 1.82) is 0 Å². The van der Waals surface area contributed by atoms with Gasteiger partial charge in [0.25, 0.3) is 0 Å². The van der Waals surface area contributed by atoms with Crippen LogP contribution in [-0.4, -0.2) is 23.7 Å². The summed E-state index contributed by atoms with van der Waals surface area (Å²) in [6.45, 7) is 5.19. The first kappa shape index (κ1) is 7.10. The van der Waals surface area contributed by atoms with Gasteiger partial charge in [0.15, 0.2) is 0 Å². The summed E-state index contributed by atoms with van der Waals surface area (Å²) in [5, 5.41) is 11.8. The maximum atomic E-state index is 10.7. The predicted molar refractivity (Wildman–Crippen MR) is 40.2 cm³/mol. The van der Waals surface area contributed by atoms with Gasteiger partial charge >= 0.3 is 5.97 Å². The first-order valence-corrected chi connectivity index (χ1v) is 4.01. The molecule has 3 unspecified atom stereocenters. The SMILES string of the molecule is CC1(C)C2CNC(C(=O)O)C21. The van der Waals surface area contributed by atoms with Crippen LogP contribution in [0.5, 0.6) is 0 Å². The van der Waals surface area contributed by atoms with Crippen molar-refractivity contribution < 1.29 is 9.90 Å². The van der Waals surface area contributed by atoms with Crippen LogP contribution in [0, 0.1) is 17.3 Å². The maximum absolute atomic E-state index is 10.7. The summed E-state index contributed by atoms with van der Waals surface area (Å²) in [6.07, 6.45) is 0. The Bertz CT molecular complexity index is 212. The molecule has 0 radical (unpaired) electrons. The number of piperidine rings is 1. The molecular weight excluding hydrogens is 142 g/mol. The molecule has 11 heavy (non-hydrogen) atoms. The van der Waals surface area contributed by atoms with Crippen LogP contribution in [0.2, 0.25) is 0 Å². The number of fused-ring (bicyclic) bond motifs is 1. The summed E-state index contributed by atoms with van der Waals surface area (Å²) in [5.74, 6) is 0.284. The van der Waals surface area contributed by atoms with Gasteiger partial charge in [-0.05, 0) is 23.8 Å². The molecule has 2 N–H and O–H groups in total. The van der Waals surface area contributed by atoms with Gasteiger partial charge in [-0.2, -0.15) is 0 Å². The number of hydrogen-bond donors (Lipinski definition) is 2. The molecule has 1 heterocycles. The molecule has 1 aliphatic carbocycles. The molecule has 1 saturated heterocycles. The molecule has 0 amide bonds. The van der Waals surface area contributed by atoms with Crippen LogP contribution in [0.15, 0.2) is 0 Å². The quantitative estimate of drug-likeness (QED) is 0.573. The third kappa shape index (κ3) is 0.745. The molecule has 62 valence electrons.